The number of amides is 1. The first-order valence-electron chi connectivity index (χ1n) is 7.16. The number of esters is 1. The van der Waals surface area contributed by atoms with Crippen molar-refractivity contribution in [3.63, 3.8) is 0 Å². The molecule has 2 aromatic rings. The Labute approximate surface area is 143 Å². The fourth-order valence-electron chi connectivity index (χ4n) is 1.81. The van der Waals surface area contributed by atoms with E-state index in [0.717, 1.165) is 0 Å². The van der Waals surface area contributed by atoms with Crippen LogP contribution in [0.2, 0.25) is 0 Å². The number of hydrogen-bond donors (Lipinski definition) is 1. The topological polar surface area (TPSA) is 109 Å². The smallest absolute Gasteiger partial charge is 0.325 e. The summed E-state index contributed by atoms with van der Waals surface area (Å²) in [6, 6.07) is 8.02. The lowest BCUT2D eigenvalue weighted by atomic mass is 10.2. The summed E-state index contributed by atoms with van der Waals surface area (Å²) in [5.74, 6) is -0.426. The van der Waals surface area contributed by atoms with Crippen LogP contribution in [0.4, 0.5) is 0 Å². The molecule has 9 nitrogen and oxygen atoms in total. The van der Waals surface area contributed by atoms with Crippen molar-refractivity contribution in [3.8, 4) is 23.5 Å². The Morgan fingerprint density at radius 2 is 1.76 bits per heavy atom. The van der Waals surface area contributed by atoms with Crippen molar-refractivity contribution in [2.24, 2.45) is 0 Å². The molecule has 0 aliphatic rings. The van der Waals surface area contributed by atoms with Crippen molar-refractivity contribution in [3.05, 3.63) is 35.9 Å². The highest BCUT2D eigenvalue weighted by molar-refractivity contribution is 5.98. The number of benzene rings is 1. The quantitative estimate of drug-likeness (QED) is 0.744. The van der Waals surface area contributed by atoms with E-state index in [1.165, 1.54) is 27.4 Å². The van der Waals surface area contributed by atoms with E-state index < -0.39 is 11.9 Å². The Kier molecular flexibility index (Phi) is 6.10. The van der Waals surface area contributed by atoms with E-state index in [1.54, 1.807) is 24.3 Å². The number of ether oxygens (including phenoxy) is 4. The standard InChI is InChI=1S/C16H17N3O6/c1-22-12-8-13(19-16(18-12)24-3)25-11-7-5-4-6-10(11)15(21)17-9-14(20)23-2/h4-8H,9H2,1-3H3,(H,17,21). The molecule has 0 fully saturated rings. The molecule has 0 bridgehead atoms. The zero-order valence-corrected chi connectivity index (χ0v) is 13.9. The van der Waals surface area contributed by atoms with Gasteiger partial charge in [0.1, 0.15) is 12.3 Å². The van der Waals surface area contributed by atoms with Crippen molar-refractivity contribution < 1.29 is 28.5 Å². The van der Waals surface area contributed by atoms with Gasteiger partial charge in [-0.05, 0) is 12.1 Å². The maximum Gasteiger partial charge on any atom is 0.325 e. The van der Waals surface area contributed by atoms with Gasteiger partial charge in [-0.2, -0.15) is 9.97 Å². The molecule has 0 atom stereocenters. The van der Waals surface area contributed by atoms with Crippen LogP contribution in [0, 0.1) is 0 Å². The van der Waals surface area contributed by atoms with E-state index in [-0.39, 0.29) is 35.6 Å². The summed E-state index contributed by atoms with van der Waals surface area (Å²) in [4.78, 5) is 31.4. The molecule has 1 aromatic heterocycles. The number of nitrogens with one attached hydrogen (secondary N) is 1. The first kappa shape index (κ1) is 18.0. The second-order valence-corrected chi connectivity index (χ2v) is 4.59. The first-order valence-corrected chi connectivity index (χ1v) is 7.16. The minimum Gasteiger partial charge on any atom is -0.481 e. The van der Waals surface area contributed by atoms with Crippen molar-refractivity contribution in [2.75, 3.05) is 27.9 Å². The van der Waals surface area contributed by atoms with Crippen LogP contribution in [0.1, 0.15) is 10.4 Å². The summed E-state index contributed by atoms with van der Waals surface area (Å²) in [6.45, 7) is -0.251. The molecule has 0 spiro atoms. The lowest BCUT2D eigenvalue weighted by Gasteiger charge is -2.11. The molecule has 0 aliphatic carbocycles. The van der Waals surface area contributed by atoms with Gasteiger partial charge in [0.05, 0.1) is 33.0 Å². The molecule has 1 aromatic carbocycles. The molecule has 9 heteroatoms. The monoisotopic (exact) mass is 347 g/mol. The fraction of sp³-hybridized carbons (Fsp3) is 0.250. The predicted molar refractivity (Wildman–Crippen MR) is 86.0 cm³/mol. The van der Waals surface area contributed by atoms with Crippen LogP contribution in [0.15, 0.2) is 30.3 Å². The SMILES string of the molecule is COC(=O)CNC(=O)c1ccccc1Oc1cc(OC)nc(OC)n1. The number of methoxy groups -OCH3 is 3. The fourth-order valence-corrected chi connectivity index (χ4v) is 1.81. The second kappa shape index (κ2) is 8.48. The van der Waals surface area contributed by atoms with Gasteiger partial charge in [-0.1, -0.05) is 12.1 Å². The molecule has 132 valence electrons. The number of hydrogen-bond acceptors (Lipinski definition) is 8. The molecule has 0 unspecified atom stereocenters. The van der Waals surface area contributed by atoms with Gasteiger partial charge < -0.3 is 24.3 Å². The van der Waals surface area contributed by atoms with Crippen LogP contribution in [-0.4, -0.2) is 49.7 Å². The van der Waals surface area contributed by atoms with Crippen molar-refractivity contribution in [1.29, 1.82) is 0 Å². The zero-order chi connectivity index (χ0) is 18.2. The van der Waals surface area contributed by atoms with Crippen molar-refractivity contribution in [2.45, 2.75) is 0 Å². The Morgan fingerprint density at radius 3 is 2.44 bits per heavy atom. The van der Waals surface area contributed by atoms with E-state index >= 15 is 0 Å². The van der Waals surface area contributed by atoms with Crippen LogP contribution in [0.5, 0.6) is 23.5 Å². The number of para-hydroxylation sites is 1. The van der Waals surface area contributed by atoms with E-state index in [9.17, 15) is 9.59 Å². The number of carbonyl (C=O) groups excluding carboxylic acids is 2. The molecule has 1 amide bonds. The predicted octanol–water partition coefficient (Wildman–Crippen LogP) is 1.19. The van der Waals surface area contributed by atoms with Crippen LogP contribution in [-0.2, 0) is 9.53 Å². The lowest BCUT2D eigenvalue weighted by molar-refractivity contribution is -0.139. The molecular formula is C16H17N3O6. The summed E-state index contributed by atoms with van der Waals surface area (Å²) < 4.78 is 20.2. The zero-order valence-electron chi connectivity index (χ0n) is 13.9. The summed E-state index contributed by atoms with van der Waals surface area (Å²) >= 11 is 0. The molecule has 0 radical (unpaired) electrons. The molecule has 0 saturated heterocycles. The van der Waals surface area contributed by atoms with Crippen LogP contribution in [0.3, 0.4) is 0 Å². The molecule has 25 heavy (non-hydrogen) atoms. The Morgan fingerprint density at radius 1 is 1.04 bits per heavy atom. The third-order valence-electron chi connectivity index (χ3n) is 3.02. The number of rotatable bonds is 7. The summed E-state index contributed by atoms with van der Waals surface area (Å²) in [5.41, 5.74) is 0.225. The van der Waals surface area contributed by atoms with E-state index in [2.05, 4.69) is 20.0 Å². The molecule has 0 aliphatic heterocycles. The van der Waals surface area contributed by atoms with Gasteiger partial charge in [0, 0.05) is 0 Å². The van der Waals surface area contributed by atoms with Gasteiger partial charge >= 0.3 is 12.0 Å². The third-order valence-corrected chi connectivity index (χ3v) is 3.02. The normalized spacial score (nSPS) is 9.88. The minimum absolute atomic E-state index is 0.0574. The van der Waals surface area contributed by atoms with Gasteiger partial charge in [-0.25, -0.2) is 0 Å². The minimum atomic E-state index is -0.558. The Hall–Kier alpha value is -3.36. The Balaban J connectivity index is 2.23. The molecule has 0 saturated carbocycles. The average molecular weight is 347 g/mol. The van der Waals surface area contributed by atoms with Crippen LogP contribution in [0.25, 0.3) is 0 Å². The van der Waals surface area contributed by atoms with Gasteiger partial charge in [0.25, 0.3) is 5.91 Å². The van der Waals surface area contributed by atoms with Gasteiger partial charge in [-0.15, -0.1) is 0 Å². The van der Waals surface area contributed by atoms with E-state index in [4.69, 9.17) is 14.2 Å². The number of aromatic nitrogens is 2. The summed E-state index contributed by atoms with van der Waals surface area (Å²) in [6.07, 6.45) is 0. The van der Waals surface area contributed by atoms with Crippen molar-refractivity contribution in [1.82, 2.24) is 15.3 Å². The third kappa shape index (κ3) is 4.80. The van der Waals surface area contributed by atoms with Gasteiger partial charge in [-0.3, -0.25) is 9.59 Å². The summed E-state index contributed by atoms with van der Waals surface area (Å²) in [5, 5.41) is 2.45. The molecular weight excluding hydrogens is 330 g/mol. The first-order chi connectivity index (χ1) is 12.1. The van der Waals surface area contributed by atoms with Gasteiger partial charge in [0.2, 0.25) is 11.8 Å². The maximum absolute atomic E-state index is 12.2. The summed E-state index contributed by atoms with van der Waals surface area (Å²) in [7, 11) is 4.09. The van der Waals surface area contributed by atoms with Crippen LogP contribution < -0.4 is 19.5 Å². The maximum atomic E-state index is 12.2. The molecule has 2 rings (SSSR count). The number of carbonyl (C=O) groups is 2. The largest absolute Gasteiger partial charge is 0.481 e. The Bertz CT molecular complexity index is 743. The highest BCUT2D eigenvalue weighted by atomic mass is 16.5. The molecule has 1 N–H and O–H groups in total. The van der Waals surface area contributed by atoms with E-state index in [1.807, 2.05) is 0 Å². The second-order valence-electron chi connectivity index (χ2n) is 4.59. The lowest BCUT2D eigenvalue weighted by Crippen LogP contribution is -2.30. The van der Waals surface area contributed by atoms with E-state index in [0.29, 0.717) is 0 Å². The highest BCUT2D eigenvalue weighted by Gasteiger charge is 2.15. The molecule has 1 heterocycles. The highest BCUT2D eigenvalue weighted by Crippen LogP contribution is 2.27. The number of nitrogens with zero attached hydrogens (tertiary/aromatic N) is 2. The average Bonchev–Trinajstić information content (AvgIpc) is 2.65. The van der Waals surface area contributed by atoms with Crippen LogP contribution >= 0.6 is 0 Å². The van der Waals surface area contributed by atoms with Crippen molar-refractivity contribution >= 4 is 11.9 Å². The van der Waals surface area contributed by atoms with Gasteiger partial charge in [0.15, 0.2) is 0 Å².